The smallest absolute Gasteiger partial charge is 0.137 e. The fraction of sp³-hybridized carbons (Fsp3) is 0.100. The summed E-state index contributed by atoms with van der Waals surface area (Å²) < 4.78 is 29.5. The van der Waals surface area contributed by atoms with E-state index in [4.69, 9.17) is 11.6 Å². The van der Waals surface area contributed by atoms with E-state index in [1.54, 1.807) is 4.68 Å². The summed E-state index contributed by atoms with van der Waals surface area (Å²) in [6.45, 7) is 4.47. The third kappa shape index (κ3) is 4.07. The molecule has 1 atom stereocenters. The molecule has 0 aliphatic rings. The van der Waals surface area contributed by atoms with Gasteiger partial charge in [0.2, 0.25) is 0 Å². The summed E-state index contributed by atoms with van der Waals surface area (Å²) in [4.78, 5) is 3.92. The number of halogens is 2. The zero-order chi connectivity index (χ0) is 20.1. The molecule has 0 aliphatic heterocycles. The SMILES string of the molecule is C=C(c1ccc(/C(=C/N)NN)cc1)C(Cn1cncn1)c1ccc(F)cc1F. The van der Waals surface area contributed by atoms with E-state index in [1.165, 1.54) is 31.0 Å². The molecule has 144 valence electrons. The number of nitrogens with one attached hydrogen (secondary N) is 1. The Balaban J connectivity index is 1.96. The van der Waals surface area contributed by atoms with Crippen LogP contribution in [0.3, 0.4) is 0 Å². The van der Waals surface area contributed by atoms with Crippen LogP contribution in [0.5, 0.6) is 0 Å². The lowest BCUT2D eigenvalue weighted by Crippen LogP contribution is -2.20. The van der Waals surface area contributed by atoms with E-state index in [-0.39, 0.29) is 0 Å². The molecule has 0 radical (unpaired) electrons. The first-order valence-electron chi connectivity index (χ1n) is 8.49. The Kier molecular flexibility index (Phi) is 5.81. The first kappa shape index (κ1) is 19.2. The van der Waals surface area contributed by atoms with Crippen LogP contribution >= 0.6 is 0 Å². The second-order valence-electron chi connectivity index (χ2n) is 6.16. The molecule has 0 saturated heterocycles. The Bertz CT molecular complexity index is 980. The van der Waals surface area contributed by atoms with Crippen LogP contribution < -0.4 is 17.0 Å². The number of nitrogens with zero attached hydrogens (tertiary/aromatic N) is 3. The quantitative estimate of drug-likeness (QED) is 0.431. The molecule has 1 unspecified atom stereocenters. The van der Waals surface area contributed by atoms with Crippen molar-refractivity contribution in [2.24, 2.45) is 11.6 Å². The van der Waals surface area contributed by atoms with Gasteiger partial charge >= 0.3 is 0 Å². The van der Waals surface area contributed by atoms with Gasteiger partial charge < -0.3 is 11.2 Å². The molecule has 3 rings (SSSR count). The molecule has 6 nitrogen and oxygen atoms in total. The highest BCUT2D eigenvalue weighted by atomic mass is 19.1. The van der Waals surface area contributed by atoms with Gasteiger partial charge in [0.25, 0.3) is 0 Å². The van der Waals surface area contributed by atoms with Gasteiger partial charge in [0.15, 0.2) is 0 Å². The van der Waals surface area contributed by atoms with Gasteiger partial charge in [0.05, 0.1) is 12.2 Å². The lowest BCUT2D eigenvalue weighted by Gasteiger charge is -2.21. The summed E-state index contributed by atoms with van der Waals surface area (Å²) in [6.07, 6.45) is 4.30. The molecule has 0 amide bonds. The molecule has 0 saturated carbocycles. The second kappa shape index (κ2) is 8.45. The number of hydrogen-bond donors (Lipinski definition) is 3. The fourth-order valence-electron chi connectivity index (χ4n) is 2.99. The number of benzene rings is 2. The van der Waals surface area contributed by atoms with E-state index in [0.29, 0.717) is 23.4 Å². The number of hydrogen-bond acceptors (Lipinski definition) is 5. The Hall–Kier alpha value is -3.52. The monoisotopic (exact) mass is 382 g/mol. The van der Waals surface area contributed by atoms with Gasteiger partial charge in [-0.2, -0.15) is 5.10 Å². The highest BCUT2D eigenvalue weighted by Gasteiger charge is 2.22. The van der Waals surface area contributed by atoms with Crippen molar-refractivity contribution in [3.8, 4) is 0 Å². The molecule has 0 aliphatic carbocycles. The molecule has 5 N–H and O–H groups in total. The van der Waals surface area contributed by atoms with E-state index in [0.717, 1.165) is 17.2 Å². The molecule has 0 bridgehead atoms. The lowest BCUT2D eigenvalue weighted by atomic mass is 9.87. The van der Waals surface area contributed by atoms with Crippen molar-refractivity contribution in [3.63, 3.8) is 0 Å². The van der Waals surface area contributed by atoms with Crippen molar-refractivity contribution in [3.05, 3.63) is 96.2 Å². The summed E-state index contributed by atoms with van der Waals surface area (Å²) in [5.41, 5.74) is 11.2. The van der Waals surface area contributed by atoms with Crippen LogP contribution in [0.15, 0.2) is 67.9 Å². The minimum atomic E-state index is -0.636. The van der Waals surface area contributed by atoms with Crippen LogP contribution in [0.2, 0.25) is 0 Å². The molecule has 1 heterocycles. The fourth-order valence-corrected chi connectivity index (χ4v) is 2.99. The van der Waals surface area contributed by atoms with Crippen molar-refractivity contribution >= 4 is 11.3 Å². The van der Waals surface area contributed by atoms with Gasteiger partial charge in [-0.1, -0.05) is 36.9 Å². The standard InChI is InChI=1S/C20H20F2N6/c1-13(14-2-4-15(5-3-14)20(9-23)27-24)18(10-28-12-25-11-26-28)17-7-6-16(21)8-19(17)22/h2-9,11-12,18,27H,1,10,23-24H2/b20-9-. The molecule has 0 spiro atoms. The van der Waals surface area contributed by atoms with Gasteiger partial charge in [-0.05, 0) is 22.8 Å². The average molecular weight is 382 g/mol. The molecular weight excluding hydrogens is 362 g/mol. The van der Waals surface area contributed by atoms with Gasteiger partial charge in [-0.3, -0.25) is 10.5 Å². The minimum absolute atomic E-state index is 0.307. The van der Waals surface area contributed by atoms with E-state index < -0.39 is 17.6 Å². The maximum Gasteiger partial charge on any atom is 0.137 e. The van der Waals surface area contributed by atoms with Crippen molar-refractivity contribution in [1.29, 1.82) is 0 Å². The summed E-state index contributed by atoms with van der Waals surface area (Å²) in [5, 5.41) is 4.09. The second-order valence-corrected chi connectivity index (χ2v) is 6.16. The summed E-state index contributed by atoms with van der Waals surface area (Å²) in [7, 11) is 0. The topological polar surface area (TPSA) is 94.8 Å². The molecule has 0 fully saturated rings. The van der Waals surface area contributed by atoms with Crippen molar-refractivity contribution in [1.82, 2.24) is 20.2 Å². The number of allylic oxidation sites excluding steroid dienone is 1. The highest BCUT2D eigenvalue weighted by molar-refractivity contribution is 5.72. The van der Waals surface area contributed by atoms with Crippen LogP contribution in [0, 0.1) is 11.6 Å². The average Bonchev–Trinajstić information content (AvgIpc) is 3.21. The Morgan fingerprint density at radius 2 is 1.89 bits per heavy atom. The van der Waals surface area contributed by atoms with Crippen molar-refractivity contribution in [2.75, 3.05) is 0 Å². The molecule has 28 heavy (non-hydrogen) atoms. The zero-order valence-corrected chi connectivity index (χ0v) is 15.0. The molecular formula is C20H20F2N6. The van der Waals surface area contributed by atoms with Gasteiger partial charge in [-0.15, -0.1) is 0 Å². The summed E-state index contributed by atoms with van der Waals surface area (Å²) in [5.74, 6) is 3.70. The molecule has 1 aromatic heterocycles. The van der Waals surface area contributed by atoms with Crippen LogP contribution in [0.1, 0.15) is 22.6 Å². The van der Waals surface area contributed by atoms with Crippen LogP contribution in [-0.4, -0.2) is 14.8 Å². The van der Waals surface area contributed by atoms with Crippen LogP contribution in [0.4, 0.5) is 8.78 Å². The molecule has 2 aromatic carbocycles. The Labute approximate surface area is 161 Å². The largest absolute Gasteiger partial charge is 0.403 e. The number of hydrazine groups is 1. The number of aromatic nitrogens is 3. The van der Waals surface area contributed by atoms with Gasteiger partial charge in [0, 0.05) is 23.7 Å². The summed E-state index contributed by atoms with van der Waals surface area (Å²) in [6, 6.07) is 10.9. The van der Waals surface area contributed by atoms with E-state index in [2.05, 4.69) is 22.1 Å². The van der Waals surface area contributed by atoms with Crippen molar-refractivity contribution in [2.45, 2.75) is 12.5 Å². The normalized spacial score (nSPS) is 12.6. The van der Waals surface area contributed by atoms with Gasteiger partial charge in [-0.25, -0.2) is 13.8 Å². The van der Waals surface area contributed by atoms with E-state index >= 15 is 0 Å². The predicted molar refractivity (Wildman–Crippen MR) is 104 cm³/mol. The van der Waals surface area contributed by atoms with Gasteiger partial charge in [0.1, 0.15) is 24.3 Å². The zero-order valence-electron chi connectivity index (χ0n) is 15.0. The minimum Gasteiger partial charge on any atom is -0.403 e. The highest BCUT2D eigenvalue weighted by Crippen LogP contribution is 2.34. The van der Waals surface area contributed by atoms with E-state index in [1.807, 2.05) is 24.3 Å². The van der Waals surface area contributed by atoms with Crippen LogP contribution in [-0.2, 0) is 6.54 Å². The molecule has 3 aromatic rings. The third-order valence-corrected chi connectivity index (χ3v) is 4.48. The van der Waals surface area contributed by atoms with E-state index in [9.17, 15) is 8.78 Å². The Morgan fingerprint density at radius 3 is 2.46 bits per heavy atom. The maximum atomic E-state index is 14.5. The third-order valence-electron chi connectivity index (χ3n) is 4.48. The number of rotatable bonds is 7. The molecule has 8 heteroatoms. The first-order chi connectivity index (χ1) is 13.5. The van der Waals surface area contributed by atoms with Crippen molar-refractivity contribution < 1.29 is 8.78 Å². The summed E-state index contributed by atoms with van der Waals surface area (Å²) >= 11 is 0. The van der Waals surface area contributed by atoms with Crippen LogP contribution in [0.25, 0.3) is 11.3 Å². The number of nitrogens with two attached hydrogens (primary N) is 2. The lowest BCUT2D eigenvalue weighted by molar-refractivity contribution is 0.534. The Morgan fingerprint density at radius 1 is 1.18 bits per heavy atom. The predicted octanol–water partition coefficient (Wildman–Crippen LogP) is 2.77. The first-order valence-corrected chi connectivity index (χ1v) is 8.49. The maximum absolute atomic E-state index is 14.5.